The SMILES string of the molecule is COc1ccc(-c2nc(C(=O)OCC(=O)C34CC5CC(CC(C5)C3)C4)cs2)cc1. The molecular weight excluding hydrogens is 386 g/mol. The van der Waals surface area contributed by atoms with E-state index in [0.29, 0.717) is 17.8 Å². The number of hydrogen-bond donors (Lipinski definition) is 0. The Balaban J connectivity index is 1.22. The van der Waals surface area contributed by atoms with Crippen molar-refractivity contribution in [2.75, 3.05) is 13.7 Å². The van der Waals surface area contributed by atoms with Crippen LogP contribution in [0, 0.1) is 23.2 Å². The van der Waals surface area contributed by atoms with Crippen LogP contribution in [0.25, 0.3) is 10.6 Å². The first kappa shape index (κ1) is 18.8. The van der Waals surface area contributed by atoms with Crippen LogP contribution in [0.15, 0.2) is 29.6 Å². The molecule has 4 saturated carbocycles. The van der Waals surface area contributed by atoms with Crippen molar-refractivity contribution in [3.8, 4) is 16.3 Å². The minimum absolute atomic E-state index is 0.121. The van der Waals surface area contributed by atoms with Gasteiger partial charge in [0, 0.05) is 16.4 Å². The number of nitrogens with zero attached hydrogens (tertiary/aromatic N) is 1. The van der Waals surface area contributed by atoms with Gasteiger partial charge < -0.3 is 9.47 Å². The highest BCUT2D eigenvalue weighted by Gasteiger charge is 2.54. The predicted octanol–water partition coefficient (Wildman–Crippen LogP) is 4.76. The van der Waals surface area contributed by atoms with Crippen LogP contribution < -0.4 is 4.74 Å². The van der Waals surface area contributed by atoms with Crippen LogP contribution >= 0.6 is 11.3 Å². The molecule has 0 unspecified atom stereocenters. The van der Waals surface area contributed by atoms with Crippen LogP contribution in [0.2, 0.25) is 0 Å². The Labute approximate surface area is 174 Å². The number of carbonyl (C=O) groups excluding carboxylic acids is 2. The van der Waals surface area contributed by atoms with Crippen molar-refractivity contribution < 1.29 is 19.1 Å². The second-order valence-electron chi connectivity index (χ2n) is 8.96. The van der Waals surface area contributed by atoms with Gasteiger partial charge in [-0.25, -0.2) is 9.78 Å². The number of Topliss-reactive ketones (excluding diaryl/α,β-unsaturated/α-hetero) is 1. The molecule has 6 rings (SSSR count). The average Bonchev–Trinajstić information content (AvgIpc) is 3.21. The van der Waals surface area contributed by atoms with E-state index in [0.717, 1.165) is 35.6 Å². The number of thiazole rings is 1. The Morgan fingerprint density at radius 1 is 1.07 bits per heavy atom. The first-order valence-corrected chi connectivity index (χ1v) is 11.2. The molecule has 29 heavy (non-hydrogen) atoms. The van der Waals surface area contributed by atoms with Gasteiger partial charge in [0.05, 0.1) is 7.11 Å². The van der Waals surface area contributed by atoms with Gasteiger partial charge in [0.1, 0.15) is 10.8 Å². The summed E-state index contributed by atoms with van der Waals surface area (Å²) in [6, 6.07) is 7.53. The minimum atomic E-state index is -0.515. The van der Waals surface area contributed by atoms with Crippen LogP contribution in [0.4, 0.5) is 0 Å². The maximum Gasteiger partial charge on any atom is 0.358 e. The molecule has 4 bridgehead atoms. The smallest absolute Gasteiger partial charge is 0.358 e. The van der Waals surface area contributed by atoms with Gasteiger partial charge in [-0.1, -0.05) is 0 Å². The standard InChI is InChI=1S/C23H25NO4S/c1-27-18-4-2-17(3-5-18)21-24-19(13-29-21)22(26)28-12-20(25)23-9-14-6-15(10-23)8-16(7-14)11-23/h2-5,13-16H,6-12H2,1H3. The maximum atomic E-state index is 13.0. The van der Waals surface area contributed by atoms with Crippen LogP contribution in [0.5, 0.6) is 5.75 Å². The molecule has 4 aliphatic carbocycles. The lowest BCUT2D eigenvalue weighted by molar-refractivity contribution is -0.147. The summed E-state index contributed by atoms with van der Waals surface area (Å²) >= 11 is 1.39. The highest BCUT2D eigenvalue weighted by Crippen LogP contribution is 2.60. The molecule has 1 heterocycles. The third-order valence-electron chi connectivity index (χ3n) is 7.01. The molecule has 152 valence electrons. The number of ketones is 1. The van der Waals surface area contributed by atoms with E-state index in [1.165, 1.54) is 30.6 Å². The van der Waals surface area contributed by atoms with E-state index in [1.54, 1.807) is 12.5 Å². The highest BCUT2D eigenvalue weighted by atomic mass is 32.1. The third-order valence-corrected chi connectivity index (χ3v) is 7.91. The van der Waals surface area contributed by atoms with Crippen molar-refractivity contribution in [1.82, 2.24) is 4.98 Å². The Morgan fingerprint density at radius 2 is 1.69 bits per heavy atom. The molecule has 2 aromatic rings. The molecule has 0 N–H and O–H groups in total. The van der Waals surface area contributed by atoms with Crippen LogP contribution in [-0.2, 0) is 9.53 Å². The van der Waals surface area contributed by atoms with E-state index in [9.17, 15) is 9.59 Å². The monoisotopic (exact) mass is 411 g/mol. The lowest BCUT2D eigenvalue weighted by atomic mass is 9.48. The van der Waals surface area contributed by atoms with Gasteiger partial charge in [0.2, 0.25) is 0 Å². The first-order chi connectivity index (χ1) is 14.0. The number of rotatable bonds is 6. The Kier molecular flexibility index (Phi) is 4.69. The lowest BCUT2D eigenvalue weighted by Crippen LogP contribution is -2.51. The van der Waals surface area contributed by atoms with E-state index in [2.05, 4.69) is 4.98 Å². The highest BCUT2D eigenvalue weighted by molar-refractivity contribution is 7.13. The van der Waals surface area contributed by atoms with Gasteiger partial charge in [-0.15, -0.1) is 11.3 Å². The Morgan fingerprint density at radius 3 is 2.28 bits per heavy atom. The fourth-order valence-electron chi connectivity index (χ4n) is 6.04. The molecule has 0 spiro atoms. The van der Waals surface area contributed by atoms with Crippen molar-refractivity contribution in [2.24, 2.45) is 23.2 Å². The summed E-state index contributed by atoms with van der Waals surface area (Å²) in [6.07, 6.45) is 6.85. The number of carbonyl (C=O) groups is 2. The second kappa shape index (κ2) is 7.24. The molecule has 4 fully saturated rings. The van der Waals surface area contributed by atoms with Gasteiger partial charge in [0.25, 0.3) is 0 Å². The topological polar surface area (TPSA) is 65.5 Å². The minimum Gasteiger partial charge on any atom is -0.497 e. The van der Waals surface area contributed by atoms with E-state index >= 15 is 0 Å². The molecule has 1 aromatic heterocycles. The molecule has 0 amide bonds. The molecule has 0 atom stereocenters. The van der Waals surface area contributed by atoms with Crippen molar-refractivity contribution in [3.05, 3.63) is 35.3 Å². The fraction of sp³-hybridized carbons (Fsp3) is 0.522. The second-order valence-corrected chi connectivity index (χ2v) is 9.82. The molecular formula is C23H25NO4S. The quantitative estimate of drug-likeness (QED) is 0.641. The molecule has 6 heteroatoms. The van der Waals surface area contributed by atoms with Crippen LogP contribution in [-0.4, -0.2) is 30.5 Å². The van der Waals surface area contributed by atoms with Gasteiger partial charge in [-0.3, -0.25) is 4.79 Å². The zero-order valence-corrected chi connectivity index (χ0v) is 17.4. The molecule has 0 saturated heterocycles. The summed E-state index contributed by atoms with van der Waals surface area (Å²) in [5.41, 5.74) is 0.948. The van der Waals surface area contributed by atoms with Crippen molar-refractivity contribution in [3.63, 3.8) is 0 Å². The summed E-state index contributed by atoms with van der Waals surface area (Å²) in [5.74, 6) is 2.48. The summed E-state index contributed by atoms with van der Waals surface area (Å²) in [6.45, 7) is -0.125. The molecule has 0 radical (unpaired) electrons. The summed E-state index contributed by atoms with van der Waals surface area (Å²) in [7, 11) is 1.62. The average molecular weight is 412 g/mol. The van der Waals surface area contributed by atoms with E-state index in [1.807, 2.05) is 24.3 Å². The zero-order chi connectivity index (χ0) is 20.0. The summed E-state index contributed by atoms with van der Waals surface area (Å²) < 4.78 is 10.6. The number of methoxy groups -OCH3 is 1. The number of benzene rings is 1. The maximum absolute atomic E-state index is 13.0. The van der Waals surface area contributed by atoms with E-state index < -0.39 is 5.97 Å². The first-order valence-electron chi connectivity index (χ1n) is 10.3. The van der Waals surface area contributed by atoms with Crippen molar-refractivity contribution in [2.45, 2.75) is 38.5 Å². The van der Waals surface area contributed by atoms with Crippen LogP contribution in [0.1, 0.15) is 49.0 Å². The van der Waals surface area contributed by atoms with E-state index in [4.69, 9.17) is 9.47 Å². The zero-order valence-electron chi connectivity index (χ0n) is 16.6. The van der Waals surface area contributed by atoms with Crippen molar-refractivity contribution >= 4 is 23.1 Å². The molecule has 1 aromatic carbocycles. The molecule has 4 aliphatic rings. The number of hydrogen-bond acceptors (Lipinski definition) is 6. The van der Waals surface area contributed by atoms with Gasteiger partial charge in [-0.05, 0) is 80.5 Å². The normalized spacial score (nSPS) is 29.6. The predicted molar refractivity (Wildman–Crippen MR) is 110 cm³/mol. The van der Waals surface area contributed by atoms with Gasteiger partial charge in [0.15, 0.2) is 18.1 Å². The lowest BCUT2D eigenvalue weighted by Gasteiger charge is -2.55. The van der Waals surface area contributed by atoms with Gasteiger partial charge in [-0.2, -0.15) is 0 Å². The van der Waals surface area contributed by atoms with Gasteiger partial charge >= 0.3 is 5.97 Å². The molecule has 0 aliphatic heterocycles. The number of ether oxygens (including phenoxy) is 2. The van der Waals surface area contributed by atoms with Crippen LogP contribution in [0.3, 0.4) is 0 Å². The Bertz CT molecular complexity index is 897. The van der Waals surface area contributed by atoms with E-state index in [-0.39, 0.29) is 23.5 Å². The molecule has 5 nitrogen and oxygen atoms in total. The van der Waals surface area contributed by atoms with Crippen molar-refractivity contribution in [1.29, 1.82) is 0 Å². The number of aromatic nitrogens is 1. The fourth-order valence-corrected chi connectivity index (χ4v) is 6.84. The summed E-state index contributed by atoms with van der Waals surface area (Å²) in [4.78, 5) is 29.9. The number of esters is 1. The third kappa shape index (κ3) is 3.48. The largest absolute Gasteiger partial charge is 0.497 e. The summed E-state index contributed by atoms with van der Waals surface area (Å²) in [5, 5.41) is 2.43. The Hall–Kier alpha value is -2.21.